The van der Waals surface area contributed by atoms with Gasteiger partial charge in [-0.05, 0) is 36.2 Å². The fourth-order valence-corrected chi connectivity index (χ4v) is 2.57. The van der Waals surface area contributed by atoms with E-state index in [1.54, 1.807) is 37.3 Å². The van der Waals surface area contributed by atoms with E-state index in [9.17, 15) is 18.0 Å². The number of pyridine rings is 1. The molecule has 136 valence electrons. The molecular formula is C18H16F3N3O2. The second-order valence-electron chi connectivity index (χ2n) is 5.77. The molecule has 0 aliphatic carbocycles. The number of imidazole rings is 1. The van der Waals surface area contributed by atoms with Gasteiger partial charge in [-0.15, -0.1) is 0 Å². The number of nitrogens with one attached hydrogen (secondary N) is 1. The maximum absolute atomic E-state index is 13.3. The number of nitrogens with zero attached hydrogens (tertiary/aromatic N) is 2. The number of rotatable bonds is 4. The Labute approximate surface area is 147 Å². The Kier molecular flexibility index (Phi) is 4.58. The van der Waals surface area contributed by atoms with Crippen LogP contribution in [-0.2, 0) is 12.7 Å². The number of halogens is 3. The highest BCUT2D eigenvalue weighted by atomic mass is 19.4. The summed E-state index contributed by atoms with van der Waals surface area (Å²) in [5.41, 5.74) is -0.205. The largest absolute Gasteiger partial charge is 0.497 e. The zero-order valence-corrected chi connectivity index (χ0v) is 14.1. The minimum absolute atomic E-state index is 0.0672. The molecule has 0 aliphatic rings. The SMILES string of the molecule is COc1ccc(CNC(=O)c2c(C(F)(F)F)nc3ccc(C)cn23)cc1. The number of hydrogen-bond donors (Lipinski definition) is 1. The van der Waals surface area contributed by atoms with Crippen molar-refractivity contribution in [2.24, 2.45) is 0 Å². The zero-order chi connectivity index (χ0) is 18.9. The summed E-state index contributed by atoms with van der Waals surface area (Å²) in [6.07, 6.45) is -3.27. The smallest absolute Gasteiger partial charge is 0.435 e. The minimum Gasteiger partial charge on any atom is -0.497 e. The van der Waals surface area contributed by atoms with Gasteiger partial charge in [-0.25, -0.2) is 4.98 Å². The molecule has 5 nitrogen and oxygen atoms in total. The molecule has 3 rings (SSSR count). The maximum Gasteiger partial charge on any atom is 0.435 e. The minimum atomic E-state index is -4.73. The molecule has 0 aliphatic heterocycles. The van der Waals surface area contributed by atoms with Crippen molar-refractivity contribution in [2.45, 2.75) is 19.6 Å². The normalized spacial score (nSPS) is 11.6. The van der Waals surface area contributed by atoms with Crippen LogP contribution in [-0.4, -0.2) is 22.4 Å². The van der Waals surface area contributed by atoms with E-state index in [0.29, 0.717) is 11.3 Å². The van der Waals surface area contributed by atoms with Crippen LogP contribution in [0.15, 0.2) is 42.6 Å². The first kappa shape index (κ1) is 17.8. The van der Waals surface area contributed by atoms with Crippen LogP contribution in [0.4, 0.5) is 13.2 Å². The fourth-order valence-electron chi connectivity index (χ4n) is 2.57. The fraction of sp³-hybridized carbons (Fsp3) is 0.222. The van der Waals surface area contributed by atoms with Crippen molar-refractivity contribution >= 4 is 11.6 Å². The number of fused-ring (bicyclic) bond motifs is 1. The average molecular weight is 363 g/mol. The Morgan fingerprint density at radius 1 is 1.19 bits per heavy atom. The van der Waals surface area contributed by atoms with Crippen molar-refractivity contribution < 1.29 is 22.7 Å². The highest BCUT2D eigenvalue weighted by molar-refractivity contribution is 5.95. The van der Waals surface area contributed by atoms with Gasteiger partial charge in [-0.2, -0.15) is 13.2 Å². The van der Waals surface area contributed by atoms with Gasteiger partial charge in [-0.1, -0.05) is 18.2 Å². The Morgan fingerprint density at radius 3 is 2.50 bits per heavy atom. The number of ether oxygens (including phenoxy) is 1. The number of amides is 1. The molecule has 0 bridgehead atoms. The molecule has 0 radical (unpaired) electrons. The molecule has 1 aromatic carbocycles. The molecule has 0 unspecified atom stereocenters. The second kappa shape index (κ2) is 6.70. The molecule has 0 fully saturated rings. The van der Waals surface area contributed by atoms with Gasteiger partial charge < -0.3 is 10.1 Å². The van der Waals surface area contributed by atoms with E-state index in [1.165, 1.54) is 23.8 Å². The molecule has 0 spiro atoms. The van der Waals surface area contributed by atoms with Crippen LogP contribution < -0.4 is 10.1 Å². The van der Waals surface area contributed by atoms with E-state index in [0.717, 1.165) is 5.56 Å². The molecule has 26 heavy (non-hydrogen) atoms. The average Bonchev–Trinajstić information content (AvgIpc) is 2.99. The molecule has 3 aromatic rings. The molecule has 2 aromatic heterocycles. The van der Waals surface area contributed by atoms with Gasteiger partial charge in [0.05, 0.1) is 7.11 Å². The topological polar surface area (TPSA) is 55.6 Å². The van der Waals surface area contributed by atoms with Gasteiger partial charge in [0.25, 0.3) is 5.91 Å². The van der Waals surface area contributed by atoms with E-state index < -0.39 is 23.5 Å². The number of carbonyl (C=O) groups is 1. The molecule has 1 amide bonds. The Bertz CT molecular complexity index is 947. The maximum atomic E-state index is 13.3. The molecule has 0 saturated carbocycles. The molecule has 8 heteroatoms. The number of benzene rings is 1. The summed E-state index contributed by atoms with van der Waals surface area (Å²) in [4.78, 5) is 16.1. The summed E-state index contributed by atoms with van der Waals surface area (Å²) in [6, 6.07) is 9.96. The van der Waals surface area contributed by atoms with Gasteiger partial charge in [0.1, 0.15) is 17.1 Å². The van der Waals surface area contributed by atoms with Crippen molar-refractivity contribution in [3.63, 3.8) is 0 Å². The van der Waals surface area contributed by atoms with Gasteiger partial charge in [0.15, 0.2) is 5.69 Å². The summed E-state index contributed by atoms with van der Waals surface area (Å²) >= 11 is 0. The van der Waals surface area contributed by atoms with E-state index in [2.05, 4.69) is 10.3 Å². The molecule has 1 N–H and O–H groups in total. The van der Waals surface area contributed by atoms with E-state index >= 15 is 0 Å². The lowest BCUT2D eigenvalue weighted by atomic mass is 10.2. The first-order chi connectivity index (χ1) is 12.3. The van der Waals surface area contributed by atoms with Crippen molar-refractivity contribution in [3.8, 4) is 5.75 Å². The summed E-state index contributed by atoms with van der Waals surface area (Å²) in [5, 5.41) is 2.52. The zero-order valence-electron chi connectivity index (χ0n) is 14.1. The van der Waals surface area contributed by atoms with Crippen molar-refractivity contribution in [1.29, 1.82) is 0 Å². The number of carbonyl (C=O) groups excluding carboxylic acids is 1. The molecule has 2 heterocycles. The molecule has 0 atom stereocenters. The number of aryl methyl sites for hydroxylation is 1. The lowest BCUT2D eigenvalue weighted by Crippen LogP contribution is -2.27. The highest BCUT2D eigenvalue weighted by Gasteiger charge is 2.40. The second-order valence-corrected chi connectivity index (χ2v) is 5.77. The van der Waals surface area contributed by atoms with Crippen LogP contribution in [0.5, 0.6) is 5.75 Å². The molecular weight excluding hydrogens is 347 g/mol. The Morgan fingerprint density at radius 2 is 1.88 bits per heavy atom. The third-order valence-corrected chi connectivity index (χ3v) is 3.86. The number of alkyl halides is 3. The lowest BCUT2D eigenvalue weighted by molar-refractivity contribution is -0.141. The van der Waals surface area contributed by atoms with Crippen LogP contribution in [0.25, 0.3) is 5.65 Å². The van der Waals surface area contributed by atoms with E-state index in [4.69, 9.17) is 4.74 Å². The van der Waals surface area contributed by atoms with E-state index in [1.807, 2.05) is 0 Å². The quantitative estimate of drug-likeness (QED) is 0.771. The third kappa shape index (κ3) is 3.49. The summed E-state index contributed by atoms with van der Waals surface area (Å²) in [6.45, 7) is 1.81. The van der Waals surface area contributed by atoms with Crippen LogP contribution in [0.2, 0.25) is 0 Å². The predicted molar refractivity (Wildman–Crippen MR) is 89.1 cm³/mol. The van der Waals surface area contributed by atoms with Gasteiger partial charge in [0, 0.05) is 12.7 Å². The summed E-state index contributed by atoms with van der Waals surface area (Å²) in [7, 11) is 1.53. The first-order valence-electron chi connectivity index (χ1n) is 7.76. The number of aromatic nitrogens is 2. The Balaban J connectivity index is 1.92. The number of hydrogen-bond acceptors (Lipinski definition) is 3. The van der Waals surface area contributed by atoms with Crippen LogP contribution in [0.1, 0.15) is 27.3 Å². The lowest BCUT2D eigenvalue weighted by Gasteiger charge is -2.09. The summed E-state index contributed by atoms with van der Waals surface area (Å²) in [5.74, 6) is -0.192. The van der Waals surface area contributed by atoms with Crippen LogP contribution >= 0.6 is 0 Å². The van der Waals surface area contributed by atoms with Gasteiger partial charge in [-0.3, -0.25) is 9.20 Å². The van der Waals surface area contributed by atoms with Gasteiger partial charge >= 0.3 is 6.18 Å². The van der Waals surface area contributed by atoms with Crippen molar-refractivity contribution in [3.05, 3.63) is 65.1 Å². The highest BCUT2D eigenvalue weighted by Crippen LogP contribution is 2.32. The molecule has 0 saturated heterocycles. The van der Waals surface area contributed by atoms with Gasteiger partial charge in [0.2, 0.25) is 0 Å². The predicted octanol–water partition coefficient (Wildman–Crippen LogP) is 3.60. The monoisotopic (exact) mass is 363 g/mol. The standard InChI is InChI=1S/C18H16F3N3O2/c1-11-3-8-14-23-16(18(19,20)21)15(24(14)10-11)17(25)22-9-12-4-6-13(26-2)7-5-12/h3-8,10H,9H2,1-2H3,(H,22,25). The van der Waals surface area contributed by atoms with Crippen molar-refractivity contribution in [2.75, 3.05) is 7.11 Å². The summed E-state index contributed by atoms with van der Waals surface area (Å²) < 4.78 is 46.2. The van der Waals surface area contributed by atoms with Crippen molar-refractivity contribution in [1.82, 2.24) is 14.7 Å². The number of methoxy groups -OCH3 is 1. The third-order valence-electron chi connectivity index (χ3n) is 3.86. The van der Waals surface area contributed by atoms with E-state index in [-0.39, 0.29) is 12.2 Å². The first-order valence-corrected chi connectivity index (χ1v) is 7.76. The van der Waals surface area contributed by atoms with Crippen LogP contribution in [0, 0.1) is 6.92 Å². The van der Waals surface area contributed by atoms with Crippen LogP contribution in [0.3, 0.4) is 0 Å². The Hall–Kier alpha value is -3.03.